The molecule has 1 fully saturated rings. The molecule has 0 radical (unpaired) electrons. The van der Waals surface area contributed by atoms with Gasteiger partial charge in [0, 0.05) is 0 Å². The van der Waals surface area contributed by atoms with E-state index in [9.17, 15) is 22.8 Å². The minimum Gasteiger partial charge on any atom is -0.457 e. The van der Waals surface area contributed by atoms with Gasteiger partial charge in [0.2, 0.25) is 0 Å². The molecule has 9 heteroatoms. The van der Waals surface area contributed by atoms with Crippen LogP contribution < -0.4 is 15.0 Å². The quantitative estimate of drug-likeness (QED) is 0.167. The van der Waals surface area contributed by atoms with E-state index in [2.05, 4.69) is 5.32 Å². The molecule has 1 N–H and O–H groups in total. The Morgan fingerprint density at radius 1 is 0.769 bits per heavy atom. The van der Waals surface area contributed by atoms with Crippen molar-refractivity contribution in [3.05, 3.63) is 120 Å². The van der Waals surface area contributed by atoms with E-state index < -0.39 is 23.6 Å². The van der Waals surface area contributed by atoms with Crippen LogP contribution in [-0.2, 0) is 15.8 Å². The van der Waals surface area contributed by atoms with Crippen molar-refractivity contribution in [1.29, 1.82) is 0 Å². The Kier molecular flexibility index (Phi) is 7.00. The molecule has 39 heavy (non-hydrogen) atoms. The second-order valence-corrected chi connectivity index (χ2v) is 8.96. The number of thiocarbonyl (C=S) groups is 1. The molecule has 0 aliphatic carbocycles. The molecule has 0 unspecified atom stereocenters. The molecule has 0 saturated carbocycles. The Morgan fingerprint density at radius 3 is 2.10 bits per heavy atom. The number of anilines is 1. The molecule has 0 bridgehead atoms. The maximum Gasteiger partial charge on any atom is 0.416 e. The molecule has 0 aromatic heterocycles. The zero-order valence-corrected chi connectivity index (χ0v) is 20.9. The largest absolute Gasteiger partial charge is 0.457 e. The van der Waals surface area contributed by atoms with Gasteiger partial charge in [-0.25, -0.2) is 0 Å². The van der Waals surface area contributed by atoms with Crippen LogP contribution in [0.2, 0.25) is 0 Å². The van der Waals surface area contributed by atoms with Crippen LogP contribution in [0.4, 0.5) is 18.9 Å². The Labute approximate surface area is 227 Å². The molecule has 0 spiro atoms. The van der Waals surface area contributed by atoms with Crippen molar-refractivity contribution in [2.24, 2.45) is 0 Å². The van der Waals surface area contributed by atoms with Crippen LogP contribution in [0.5, 0.6) is 11.5 Å². The van der Waals surface area contributed by atoms with Gasteiger partial charge in [0.25, 0.3) is 11.8 Å². The van der Waals surface area contributed by atoms with Gasteiger partial charge < -0.3 is 4.74 Å². The number of nitrogens with zero attached hydrogens (tertiary/aromatic N) is 1. The molecule has 4 aromatic carbocycles. The maximum absolute atomic E-state index is 13.4. The molecule has 4 aromatic rings. The van der Waals surface area contributed by atoms with Crippen molar-refractivity contribution in [1.82, 2.24) is 5.32 Å². The minimum atomic E-state index is -4.48. The first-order chi connectivity index (χ1) is 18.7. The maximum atomic E-state index is 13.4. The lowest BCUT2D eigenvalue weighted by atomic mass is 9.99. The SMILES string of the molecule is O=C1NC(=S)N(c2ccc(Oc3ccccc3)cc2)C(=O)C1=Cc1cccc(-c2cccc(C(F)(F)F)c2)c1. The van der Waals surface area contributed by atoms with E-state index in [1.54, 1.807) is 54.6 Å². The molecular formula is C30H19F3N2O3S. The number of para-hydroxylation sites is 1. The zero-order chi connectivity index (χ0) is 27.6. The molecule has 0 atom stereocenters. The predicted molar refractivity (Wildman–Crippen MR) is 146 cm³/mol. The number of rotatable bonds is 5. The van der Waals surface area contributed by atoms with Crippen LogP contribution in [0.15, 0.2) is 109 Å². The molecule has 1 heterocycles. The fourth-order valence-corrected chi connectivity index (χ4v) is 4.31. The third-order valence-electron chi connectivity index (χ3n) is 5.90. The summed E-state index contributed by atoms with van der Waals surface area (Å²) in [4.78, 5) is 27.3. The Hall–Kier alpha value is -4.76. The average Bonchev–Trinajstić information content (AvgIpc) is 2.92. The van der Waals surface area contributed by atoms with Crippen molar-refractivity contribution in [2.45, 2.75) is 6.18 Å². The van der Waals surface area contributed by atoms with E-state index in [1.807, 2.05) is 30.3 Å². The first-order valence-corrected chi connectivity index (χ1v) is 12.1. The number of ether oxygens (including phenoxy) is 1. The summed E-state index contributed by atoms with van der Waals surface area (Å²) in [5.74, 6) is -0.106. The zero-order valence-electron chi connectivity index (χ0n) is 20.1. The Morgan fingerprint density at radius 2 is 1.41 bits per heavy atom. The van der Waals surface area contributed by atoms with Crippen LogP contribution in [0.1, 0.15) is 11.1 Å². The van der Waals surface area contributed by atoms with E-state index in [4.69, 9.17) is 17.0 Å². The highest BCUT2D eigenvalue weighted by Crippen LogP contribution is 2.33. The number of hydrogen-bond donors (Lipinski definition) is 1. The van der Waals surface area contributed by atoms with E-state index in [1.165, 1.54) is 17.0 Å². The third kappa shape index (κ3) is 5.73. The summed E-state index contributed by atoms with van der Waals surface area (Å²) >= 11 is 5.27. The van der Waals surface area contributed by atoms with Crippen molar-refractivity contribution in [2.75, 3.05) is 4.90 Å². The van der Waals surface area contributed by atoms with Crippen LogP contribution in [-0.4, -0.2) is 16.9 Å². The monoisotopic (exact) mass is 544 g/mol. The van der Waals surface area contributed by atoms with Gasteiger partial charge in [0.1, 0.15) is 17.1 Å². The van der Waals surface area contributed by atoms with Gasteiger partial charge in [-0.3, -0.25) is 19.8 Å². The average molecular weight is 545 g/mol. The number of benzene rings is 4. The van der Waals surface area contributed by atoms with Gasteiger partial charge in [0.15, 0.2) is 5.11 Å². The lowest BCUT2D eigenvalue weighted by molar-refractivity contribution is -0.137. The molecule has 194 valence electrons. The topological polar surface area (TPSA) is 58.6 Å². The third-order valence-corrected chi connectivity index (χ3v) is 6.18. The number of amides is 2. The van der Waals surface area contributed by atoms with E-state index >= 15 is 0 Å². The van der Waals surface area contributed by atoms with Crippen molar-refractivity contribution in [3.63, 3.8) is 0 Å². The summed E-state index contributed by atoms with van der Waals surface area (Å²) in [6.07, 6.45) is -3.09. The van der Waals surface area contributed by atoms with Gasteiger partial charge in [-0.15, -0.1) is 0 Å². The van der Waals surface area contributed by atoms with Gasteiger partial charge >= 0.3 is 6.18 Å². The summed E-state index contributed by atoms with van der Waals surface area (Å²) in [6, 6.07) is 27.3. The van der Waals surface area contributed by atoms with Gasteiger partial charge in [0.05, 0.1) is 11.3 Å². The van der Waals surface area contributed by atoms with Crippen molar-refractivity contribution in [3.8, 4) is 22.6 Å². The summed E-state index contributed by atoms with van der Waals surface area (Å²) < 4.78 is 45.3. The fourth-order valence-electron chi connectivity index (χ4n) is 4.03. The first-order valence-electron chi connectivity index (χ1n) is 11.7. The van der Waals surface area contributed by atoms with Crippen LogP contribution in [0, 0.1) is 0 Å². The Balaban J connectivity index is 1.41. The Bertz CT molecular complexity index is 1600. The highest BCUT2D eigenvalue weighted by atomic mass is 32.1. The number of carbonyl (C=O) groups excluding carboxylic acids is 2. The highest BCUT2D eigenvalue weighted by Gasteiger charge is 2.34. The molecule has 5 rings (SSSR count). The molecule has 1 aliphatic heterocycles. The van der Waals surface area contributed by atoms with E-state index in [0.717, 1.165) is 12.1 Å². The minimum absolute atomic E-state index is 0.0726. The number of carbonyl (C=O) groups is 2. The number of nitrogens with one attached hydrogen (secondary N) is 1. The standard InChI is InChI=1S/C30H19F3N2O3S/c31-30(32,33)22-9-5-8-21(18-22)20-7-4-6-19(16-20)17-26-27(36)34-29(39)35(28(26)37)23-12-14-25(15-13-23)38-24-10-2-1-3-11-24/h1-18H,(H,34,36,39). The van der Waals surface area contributed by atoms with Gasteiger partial charge in [-0.2, -0.15) is 13.2 Å². The second-order valence-electron chi connectivity index (χ2n) is 8.57. The summed E-state index contributed by atoms with van der Waals surface area (Å²) in [5, 5.41) is 2.45. The van der Waals surface area contributed by atoms with Crippen LogP contribution >= 0.6 is 12.2 Å². The number of alkyl halides is 3. The lowest BCUT2D eigenvalue weighted by Gasteiger charge is -2.29. The summed E-state index contributed by atoms with van der Waals surface area (Å²) in [7, 11) is 0. The molecular weight excluding hydrogens is 525 g/mol. The molecule has 5 nitrogen and oxygen atoms in total. The van der Waals surface area contributed by atoms with Gasteiger partial charge in [-0.1, -0.05) is 48.5 Å². The fraction of sp³-hybridized carbons (Fsp3) is 0.0333. The molecule has 2 amide bonds. The number of hydrogen-bond acceptors (Lipinski definition) is 4. The number of halogens is 3. The van der Waals surface area contributed by atoms with E-state index in [0.29, 0.717) is 33.9 Å². The summed E-state index contributed by atoms with van der Waals surface area (Å²) in [6.45, 7) is 0. The van der Waals surface area contributed by atoms with Crippen molar-refractivity contribution >= 4 is 40.9 Å². The predicted octanol–water partition coefficient (Wildman–Crippen LogP) is 7.00. The second kappa shape index (κ2) is 10.5. The smallest absolute Gasteiger partial charge is 0.416 e. The van der Waals surface area contributed by atoms with E-state index in [-0.39, 0.29) is 10.7 Å². The van der Waals surface area contributed by atoms with Crippen LogP contribution in [0.3, 0.4) is 0 Å². The van der Waals surface area contributed by atoms with Crippen molar-refractivity contribution < 1.29 is 27.5 Å². The first kappa shape index (κ1) is 25.9. The normalized spacial score (nSPS) is 14.9. The highest BCUT2D eigenvalue weighted by molar-refractivity contribution is 7.80. The lowest BCUT2D eigenvalue weighted by Crippen LogP contribution is -2.54. The van der Waals surface area contributed by atoms with Gasteiger partial charge in [-0.05, 0) is 89.6 Å². The summed E-state index contributed by atoms with van der Waals surface area (Å²) in [5.41, 5.74) is 0.798. The molecule has 1 aliphatic rings. The molecule has 1 saturated heterocycles. The van der Waals surface area contributed by atoms with Crippen LogP contribution in [0.25, 0.3) is 17.2 Å².